The Kier molecular flexibility index (Phi) is 5.26. The van der Waals surface area contributed by atoms with Crippen LogP contribution in [0.15, 0.2) is 0 Å². The highest BCUT2D eigenvalue weighted by Gasteiger charge is 2.39. The van der Waals surface area contributed by atoms with E-state index in [0.29, 0.717) is 5.92 Å². The van der Waals surface area contributed by atoms with Crippen molar-refractivity contribution in [3.8, 4) is 0 Å². The lowest BCUT2D eigenvalue weighted by Crippen LogP contribution is -2.53. The van der Waals surface area contributed by atoms with Crippen LogP contribution >= 0.6 is 0 Å². The maximum Gasteiger partial charge on any atom is 0.0801 e. The van der Waals surface area contributed by atoms with Crippen molar-refractivity contribution in [2.24, 2.45) is 17.6 Å². The van der Waals surface area contributed by atoms with Gasteiger partial charge >= 0.3 is 0 Å². The van der Waals surface area contributed by atoms with E-state index in [9.17, 15) is 0 Å². The van der Waals surface area contributed by atoms with Crippen molar-refractivity contribution in [3.63, 3.8) is 0 Å². The Morgan fingerprint density at radius 3 is 2.44 bits per heavy atom. The number of hydrogen-bond acceptors (Lipinski definition) is 2. The van der Waals surface area contributed by atoms with E-state index in [1.54, 1.807) is 7.11 Å². The zero-order valence-corrected chi connectivity index (χ0v) is 11.5. The lowest BCUT2D eigenvalue weighted by atomic mass is 9.69. The van der Waals surface area contributed by atoms with Gasteiger partial charge in [-0.3, -0.25) is 0 Å². The highest BCUT2D eigenvalue weighted by Crippen LogP contribution is 2.38. The molecule has 4 unspecified atom stereocenters. The van der Waals surface area contributed by atoms with Gasteiger partial charge < -0.3 is 10.5 Å². The van der Waals surface area contributed by atoms with Crippen molar-refractivity contribution in [2.75, 3.05) is 7.11 Å². The Balaban J connectivity index is 2.73. The van der Waals surface area contributed by atoms with Crippen molar-refractivity contribution >= 4 is 0 Å². The fraction of sp³-hybridized carbons (Fsp3) is 1.00. The van der Waals surface area contributed by atoms with Gasteiger partial charge in [-0.2, -0.15) is 0 Å². The molecule has 1 fully saturated rings. The van der Waals surface area contributed by atoms with Crippen molar-refractivity contribution in [3.05, 3.63) is 0 Å². The van der Waals surface area contributed by atoms with Crippen LogP contribution in [-0.4, -0.2) is 18.8 Å². The number of rotatable bonds is 5. The van der Waals surface area contributed by atoms with Gasteiger partial charge in [-0.05, 0) is 31.6 Å². The maximum atomic E-state index is 6.49. The van der Waals surface area contributed by atoms with Crippen LogP contribution < -0.4 is 5.73 Å². The van der Waals surface area contributed by atoms with Crippen LogP contribution in [0.3, 0.4) is 0 Å². The van der Waals surface area contributed by atoms with Crippen LogP contribution in [0.2, 0.25) is 0 Å². The van der Waals surface area contributed by atoms with Gasteiger partial charge in [0, 0.05) is 13.2 Å². The van der Waals surface area contributed by atoms with Gasteiger partial charge in [0.15, 0.2) is 0 Å². The summed E-state index contributed by atoms with van der Waals surface area (Å²) in [6.45, 7) is 6.64. The van der Waals surface area contributed by atoms with Gasteiger partial charge in [0.05, 0.1) is 5.60 Å². The average Bonchev–Trinajstić information content (AvgIpc) is 2.36. The molecule has 16 heavy (non-hydrogen) atoms. The Morgan fingerprint density at radius 2 is 1.94 bits per heavy atom. The highest BCUT2D eigenvalue weighted by atomic mass is 16.5. The number of nitrogens with two attached hydrogens (primary N) is 1. The van der Waals surface area contributed by atoms with Crippen LogP contribution in [0, 0.1) is 11.8 Å². The molecule has 0 heterocycles. The molecule has 0 aromatic rings. The molecule has 1 aliphatic rings. The van der Waals surface area contributed by atoms with Crippen molar-refractivity contribution in [2.45, 2.75) is 70.9 Å². The fourth-order valence-corrected chi connectivity index (χ4v) is 3.18. The van der Waals surface area contributed by atoms with Crippen molar-refractivity contribution in [1.29, 1.82) is 0 Å². The first-order valence-corrected chi connectivity index (χ1v) is 6.89. The summed E-state index contributed by atoms with van der Waals surface area (Å²) in [5.41, 5.74) is 6.35. The van der Waals surface area contributed by atoms with E-state index in [4.69, 9.17) is 10.5 Å². The van der Waals surface area contributed by atoms with Gasteiger partial charge in [-0.1, -0.05) is 39.5 Å². The first-order chi connectivity index (χ1) is 7.59. The molecule has 4 atom stereocenters. The summed E-state index contributed by atoms with van der Waals surface area (Å²) in [7, 11) is 1.80. The monoisotopic (exact) mass is 227 g/mol. The molecule has 0 aromatic heterocycles. The van der Waals surface area contributed by atoms with E-state index >= 15 is 0 Å². The van der Waals surface area contributed by atoms with Crippen LogP contribution in [0.25, 0.3) is 0 Å². The third-order valence-corrected chi connectivity index (χ3v) is 4.83. The molecular weight excluding hydrogens is 198 g/mol. The quantitative estimate of drug-likeness (QED) is 0.781. The summed E-state index contributed by atoms with van der Waals surface area (Å²) in [5.74, 6) is 1.47. The SMILES string of the molecule is CCC1CCCCC1C(N)C(C)(CC)OC. The van der Waals surface area contributed by atoms with Gasteiger partial charge in [0.2, 0.25) is 0 Å². The molecule has 0 bridgehead atoms. The highest BCUT2D eigenvalue weighted by molar-refractivity contribution is 4.94. The molecule has 0 saturated heterocycles. The summed E-state index contributed by atoms with van der Waals surface area (Å²) in [6, 6.07) is 0.188. The van der Waals surface area contributed by atoms with Crippen molar-refractivity contribution in [1.82, 2.24) is 0 Å². The molecule has 0 aliphatic heterocycles. The molecule has 2 nitrogen and oxygen atoms in total. The molecule has 1 saturated carbocycles. The van der Waals surface area contributed by atoms with Crippen LogP contribution in [-0.2, 0) is 4.74 Å². The smallest absolute Gasteiger partial charge is 0.0801 e. The Bertz CT molecular complexity index is 201. The van der Waals surface area contributed by atoms with E-state index < -0.39 is 0 Å². The standard InChI is InChI=1S/C14H29NO/c1-5-11-9-7-8-10-12(11)13(15)14(3,6-2)16-4/h11-13H,5-10,15H2,1-4H3. The maximum absolute atomic E-state index is 6.49. The van der Waals surface area contributed by atoms with Crippen LogP contribution in [0.4, 0.5) is 0 Å². The van der Waals surface area contributed by atoms with Crippen LogP contribution in [0.1, 0.15) is 59.3 Å². The molecule has 1 rings (SSSR count). The molecule has 0 aromatic carbocycles. The van der Waals surface area contributed by atoms with E-state index in [0.717, 1.165) is 12.3 Å². The second-order valence-corrected chi connectivity index (χ2v) is 5.51. The van der Waals surface area contributed by atoms with Gasteiger partial charge in [0.1, 0.15) is 0 Å². The molecule has 0 spiro atoms. The summed E-state index contributed by atoms with van der Waals surface area (Å²) < 4.78 is 5.67. The lowest BCUT2D eigenvalue weighted by molar-refractivity contribution is -0.0471. The predicted molar refractivity (Wildman–Crippen MR) is 69.4 cm³/mol. The lowest BCUT2D eigenvalue weighted by Gasteiger charge is -2.43. The van der Waals surface area contributed by atoms with Crippen molar-refractivity contribution < 1.29 is 4.74 Å². The second kappa shape index (κ2) is 6.02. The topological polar surface area (TPSA) is 35.2 Å². The van der Waals surface area contributed by atoms with E-state index in [-0.39, 0.29) is 11.6 Å². The summed E-state index contributed by atoms with van der Waals surface area (Å²) in [6.07, 6.45) is 7.65. The molecule has 2 N–H and O–H groups in total. The Morgan fingerprint density at radius 1 is 1.31 bits per heavy atom. The number of hydrogen-bond donors (Lipinski definition) is 1. The Hall–Kier alpha value is -0.0800. The van der Waals surface area contributed by atoms with Gasteiger partial charge in [-0.25, -0.2) is 0 Å². The van der Waals surface area contributed by atoms with Gasteiger partial charge in [-0.15, -0.1) is 0 Å². The molecule has 1 aliphatic carbocycles. The summed E-state index contributed by atoms with van der Waals surface area (Å²) >= 11 is 0. The average molecular weight is 227 g/mol. The van der Waals surface area contributed by atoms with E-state index in [1.807, 2.05) is 0 Å². The summed E-state index contributed by atoms with van der Waals surface area (Å²) in [4.78, 5) is 0. The minimum Gasteiger partial charge on any atom is -0.377 e. The normalized spacial score (nSPS) is 32.1. The largest absolute Gasteiger partial charge is 0.377 e. The van der Waals surface area contributed by atoms with Gasteiger partial charge in [0.25, 0.3) is 0 Å². The minimum absolute atomic E-state index is 0.143. The number of methoxy groups -OCH3 is 1. The zero-order valence-electron chi connectivity index (χ0n) is 11.5. The zero-order chi connectivity index (χ0) is 12.2. The molecule has 0 amide bonds. The first-order valence-electron chi connectivity index (χ1n) is 6.89. The second-order valence-electron chi connectivity index (χ2n) is 5.51. The third kappa shape index (κ3) is 2.78. The third-order valence-electron chi connectivity index (χ3n) is 4.83. The van der Waals surface area contributed by atoms with Crippen LogP contribution in [0.5, 0.6) is 0 Å². The van der Waals surface area contributed by atoms with E-state index in [1.165, 1.54) is 32.1 Å². The van der Waals surface area contributed by atoms with E-state index in [2.05, 4.69) is 20.8 Å². The predicted octanol–water partition coefficient (Wildman–Crippen LogP) is 3.35. The Labute approximate surface area is 101 Å². The number of ether oxygens (including phenoxy) is 1. The first kappa shape index (κ1) is 14.0. The molecule has 96 valence electrons. The summed E-state index contributed by atoms with van der Waals surface area (Å²) in [5, 5.41) is 0. The molecular formula is C14H29NO. The minimum atomic E-state index is -0.143. The molecule has 2 heteroatoms. The fourth-order valence-electron chi connectivity index (χ4n) is 3.18. The molecule has 0 radical (unpaired) electrons.